The zero-order valence-corrected chi connectivity index (χ0v) is 11.9. The molecule has 0 unspecified atom stereocenters. The zero-order valence-electron chi connectivity index (χ0n) is 11.9. The molecule has 2 aromatic rings. The maximum absolute atomic E-state index is 11.9. The molecule has 5 N–H and O–H groups in total. The Balaban J connectivity index is 2.28. The number of nitrogens with zero attached hydrogens (tertiary/aromatic N) is 2. The largest absolute Gasteiger partial charge is 0.383 e. The number of rotatable bonds is 6. The van der Waals surface area contributed by atoms with E-state index in [-0.39, 0.29) is 18.1 Å². The van der Waals surface area contributed by atoms with E-state index in [1.54, 1.807) is 6.20 Å². The lowest BCUT2D eigenvalue weighted by molar-refractivity contribution is 0.186. The van der Waals surface area contributed by atoms with E-state index in [0.717, 1.165) is 11.3 Å². The Kier molecular flexibility index (Phi) is 4.43. The number of aromatic amines is 2. The van der Waals surface area contributed by atoms with E-state index in [0.29, 0.717) is 13.2 Å². The number of nitrogens with two attached hydrogens (primary N) is 1. The van der Waals surface area contributed by atoms with E-state index >= 15 is 0 Å². The predicted octanol–water partition coefficient (Wildman–Crippen LogP) is -0.591. The summed E-state index contributed by atoms with van der Waals surface area (Å²) in [6, 6.07) is 0. The molecule has 0 aliphatic rings. The molecule has 0 atom stereocenters. The summed E-state index contributed by atoms with van der Waals surface area (Å²) in [4.78, 5) is 25.8. The van der Waals surface area contributed by atoms with Gasteiger partial charge in [0.1, 0.15) is 11.5 Å². The highest BCUT2D eigenvalue weighted by Crippen LogP contribution is 2.12. The highest BCUT2D eigenvalue weighted by Gasteiger charge is 2.12. The van der Waals surface area contributed by atoms with Crippen LogP contribution in [0, 0.1) is 6.92 Å². The number of methoxy groups -OCH3 is 1. The molecule has 0 radical (unpaired) electrons. The predicted molar refractivity (Wildman–Crippen MR) is 78.3 cm³/mol. The van der Waals surface area contributed by atoms with Gasteiger partial charge < -0.3 is 15.8 Å². The minimum atomic E-state index is -0.556. The van der Waals surface area contributed by atoms with Crippen molar-refractivity contribution in [3.05, 3.63) is 38.3 Å². The molecule has 2 rings (SSSR count). The van der Waals surface area contributed by atoms with E-state index in [1.807, 2.05) is 6.92 Å². The van der Waals surface area contributed by atoms with Crippen molar-refractivity contribution in [3.63, 3.8) is 0 Å². The SMILES string of the molecule is COCCn1c(N)c(NCc2cn[nH]c2C)c(=O)[nH]c1=O. The Morgan fingerprint density at radius 2 is 2.24 bits per heavy atom. The van der Waals surface area contributed by atoms with Crippen molar-refractivity contribution >= 4 is 11.5 Å². The summed E-state index contributed by atoms with van der Waals surface area (Å²) in [5.41, 5.74) is 6.76. The first-order valence-electron chi connectivity index (χ1n) is 6.38. The number of ether oxygens (including phenoxy) is 1. The fraction of sp³-hybridized carbons (Fsp3) is 0.417. The fourth-order valence-corrected chi connectivity index (χ4v) is 1.90. The Morgan fingerprint density at radius 1 is 1.48 bits per heavy atom. The van der Waals surface area contributed by atoms with Crippen molar-refractivity contribution in [2.75, 3.05) is 24.8 Å². The van der Waals surface area contributed by atoms with Crippen LogP contribution in [0.2, 0.25) is 0 Å². The molecule has 0 saturated heterocycles. The molecule has 0 aliphatic carbocycles. The molecular formula is C12H18N6O3. The van der Waals surface area contributed by atoms with Crippen LogP contribution in [0.3, 0.4) is 0 Å². The Bertz CT molecular complexity index is 729. The van der Waals surface area contributed by atoms with Crippen LogP contribution in [0.15, 0.2) is 15.8 Å². The smallest absolute Gasteiger partial charge is 0.330 e. The van der Waals surface area contributed by atoms with E-state index in [9.17, 15) is 9.59 Å². The van der Waals surface area contributed by atoms with Crippen LogP contribution in [-0.2, 0) is 17.8 Å². The van der Waals surface area contributed by atoms with Gasteiger partial charge in [-0.3, -0.25) is 19.4 Å². The summed E-state index contributed by atoms with van der Waals surface area (Å²) in [5.74, 6) is 0.0851. The summed E-state index contributed by atoms with van der Waals surface area (Å²) >= 11 is 0. The second-order valence-electron chi connectivity index (χ2n) is 4.54. The van der Waals surface area contributed by atoms with Crippen LogP contribution in [0.5, 0.6) is 0 Å². The number of nitrogens with one attached hydrogen (secondary N) is 3. The third kappa shape index (κ3) is 3.14. The van der Waals surface area contributed by atoms with Gasteiger partial charge in [0.15, 0.2) is 0 Å². The summed E-state index contributed by atoms with van der Waals surface area (Å²) < 4.78 is 6.18. The molecule has 0 aromatic carbocycles. The minimum absolute atomic E-state index is 0.0851. The molecule has 21 heavy (non-hydrogen) atoms. The minimum Gasteiger partial charge on any atom is -0.383 e. The molecule has 0 spiro atoms. The Morgan fingerprint density at radius 3 is 2.86 bits per heavy atom. The molecule has 9 heteroatoms. The first-order chi connectivity index (χ1) is 10.0. The van der Waals surface area contributed by atoms with Gasteiger partial charge in [0, 0.05) is 24.9 Å². The zero-order chi connectivity index (χ0) is 15.4. The molecule has 2 heterocycles. The Hall–Kier alpha value is -2.55. The van der Waals surface area contributed by atoms with Crippen LogP contribution in [-0.4, -0.2) is 33.5 Å². The van der Waals surface area contributed by atoms with Crippen molar-refractivity contribution in [2.24, 2.45) is 0 Å². The fourth-order valence-electron chi connectivity index (χ4n) is 1.90. The molecule has 9 nitrogen and oxygen atoms in total. The summed E-state index contributed by atoms with van der Waals surface area (Å²) in [6.45, 7) is 2.82. The maximum Gasteiger partial charge on any atom is 0.330 e. The maximum atomic E-state index is 11.9. The third-order valence-electron chi connectivity index (χ3n) is 3.15. The lowest BCUT2D eigenvalue weighted by atomic mass is 10.2. The van der Waals surface area contributed by atoms with E-state index < -0.39 is 11.2 Å². The molecule has 0 saturated carbocycles. The second-order valence-corrected chi connectivity index (χ2v) is 4.54. The van der Waals surface area contributed by atoms with Gasteiger partial charge in [-0.2, -0.15) is 5.10 Å². The standard InChI is InChI=1S/C12H18N6O3/c1-7-8(6-15-17-7)5-14-9-10(13)18(3-4-21-2)12(20)16-11(9)19/h6,14H,3-5,13H2,1-2H3,(H,15,17)(H,16,19,20). The number of H-pyrrole nitrogens is 2. The van der Waals surface area contributed by atoms with Crippen LogP contribution in [0.4, 0.5) is 11.5 Å². The molecular weight excluding hydrogens is 276 g/mol. The number of anilines is 2. The average Bonchev–Trinajstić information content (AvgIpc) is 2.84. The molecule has 0 fully saturated rings. The number of hydrogen-bond donors (Lipinski definition) is 4. The average molecular weight is 294 g/mol. The van der Waals surface area contributed by atoms with Gasteiger partial charge in [-0.25, -0.2) is 4.79 Å². The number of aromatic nitrogens is 4. The monoisotopic (exact) mass is 294 g/mol. The third-order valence-corrected chi connectivity index (χ3v) is 3.15. The highest BCUT2D eigenvalue weighted by molar-refractivity contribution is 5.60. The quantitative estimate of drug-likeness (QED) is 0.563. The van der Waals surface area contributed by atoms with Crippen molar-refractivity contribution in [1.82, 2.24) is 19.7 Å². The van der Waals surface area contributed by atoms with Gasteiger partial charge in [0.25, 0.3) is 5.56 Å². The normalized spacial score (nSPS) is 10.8. The van der Waals surface area contributed by atoms with E-state index in [1.165, 1.54) is 11.7 Å². The topological polar surface area (TPSA) is 131 Å². The van der Waals surface area contributed by atoms with Gasteiger partial charge in [-0.15, -0.1) is 0 Å². The Labute approximate surface area is 120 Å². The van der Waals surface area contributed by atoms with E-state index in [2.05, 4.69) is 20.5 Å². The van der Waals surface area contributed by atoms with Gasteiger partial charge in [-0.1, -0.05) is 0 Å². The van der Waals surface area contributed by atoms with Crippen LogP contribution >= 0.6 is 0 Å². The van der Waals surface area contributed by atoms with Crippen LogP contribution in [0.25, 0.3) is 0 Å². The lowest BCUT2D eigenvalue weighted by Gasteiger charge is -2.13. The number of hydrogen-bond acceptors (Lipinski definition) is 6. The van der Waals surface area contributed by atoms with Crippen molar-refractivity contribution in [1.29, 1.82) is 0 Å². The van der Waals surface area contributed by atoms with Crippen molar-refractivity contribution in [2.45, 2.75) is 20.0 Å². The molecule has 0 bridgehead atoms. The van der Waals surface area contributed by atoms with Gasteiger partial charge >= 0.3 is 5.69 Å². The van der Waals surface area contributed by atoms with Gasteiger partial charge in [0.2, 0.25) is 0 Å². The first-order valence-corrected chi connectivity index (χ1v) is 6.38. The summed E-state index contributed by atoms with van der Waals surface area (Å²) in [6.07, 6.45) is 1.66. The van der Waals surface area contributed by atoms with Gasteiger partial charge in [0.05, 0.1) is 19.3 Å². The molecule has 2 aromatic heterocycles. The van der Waals surface area contributed by atoms with Crippen molar-refractivity contribution in [3.8, 4) is 0 Å². The van der Waals surface area contributed by atoms with E-state index in [4.69, 9.17) is 10.5 Å². The number of aryl methyl sites for hydroxylation is 1. The lowest BCUT2D eigenvalue weighted by Crippen LogP contribution is -2.34. The molecule has 0 aliphatic heterocycles. The van der Waals surface area contributed by atoms with Crippen molar-refractivity contribution < 1.29 is 4.74 Å². The summed E-state index contributed by atoms with van der Waals surface area (Å²) in [5, 5.41) is 9.64. The number of nitrogen functional groups attached to an aromatic ring is 1. The molecule has 114 valence electrons. The van der Waals surface area contributed by atoms with Gasteiger partial charge in [-0.05, 0) is 6.92 Å². The summed E-state index contributed by atoms with van der Waals surface area (Å²) in [7, 11) is 1.52. The van der Waals surface area contributed by atoms with Crippen LogP contribution < -0.4 is 22.3 Å². The van der Waals surface area contributed by atoms with Crippen LogP contribution in [0.1, 0.15) is 11.3 Å². The second kappa shape index (κ2) is 6.27. The highest BCUT2D eigenvalue weighted by atomic mass is 16.5. The molecule has 0 amide bonds. The first kappa shape index (κ1) is 14.9.